The van der Waals surface area contributed by atoms with Crippen molar-refractivity contribution >= 4 is 28.6 Å². The second-order valence-corrected chi connectivity index (χ2v) is 7.88. The molecule has 0 radical (unpaired) electrons. The quantitative estimate of drug-likeness (QED) is 0.414. The van der Waals surface area contributed by atoms with E-state index in [-0.39, 0.29) is 14.8 Å². The molecule has 1 atom stereocenters. The predicted octanol–water partition coefficient (Wildman–Crippen LogP) is 4.55. The van der Waals surface area contributed by atoms with Crippen molar-refractivity contribution in [1.82, 2.24) is 0 Å². The van der Waals surface area contributed by atoms with Crippen LogP contribution in [0.1, 0.15) is 32.8 Å². The Morgan fingerprint density at radius 3 is 2.36 bits per heavy atom. The molecule has 0 aliphatic heterocycles. The largest absolute Gasteiger partial charge is 0.497 e. The zero-order chi connectivity index (χ0) is 16.4. The average Bonchev–Trinajstić information content (AvgIpc) is 2.49. The van der Waals surface area contributed by atoms with Crippen LogP contribution in [0.2, 0.25) is 0 Å². The maximum Gasteiger partial charge on any atom is 0.308 e. The molecular weight excluding hydrogens is 391 g/mol. The lowest BCUT2D eigenvalue weighted by Gasteiger charge is -2.42. The number of ether oxygens (including phenoxy) is 2. The van der Waals surface area contributed by atoms with Crippen molar-refractivity contribution < 1.29 is 14.3 Å². The highest BCUT2D eigenvalue weighted by molar-refractivity contribution is 14.1. The molecule has 1 aliphatic rings. The summed E-state index contributed by atoms with van der Waals surface area (Å²) in [6.07, 6.45) is 6.82. The van der Waals surface area contributed by atoms with Crippen LogP contribution in [-0.2, 0) is 14.9 Å². The number of alkyl halides is 1. The van der Waals surface area contributed by atoms with Crippen molar-refractivity contribution in [2.75, 3.05) is 7.11 Å². The van der Waals surface area contributed by atoms with Crippen LogP contribution in [0.15, 0.2) is 48.3 Å². The van der Waals surface area contributed by atoms with Crippen molar-refractivity contribution in [3.05, 3.63) is 53.8 Å². The molecular formula is C18H21IO3. The van der Waals surface area contributed by atoms with E-state index in [4.69, 9.17) is 9.47 Å². The Labute approximate surface area is 145 Å². The van der Waals surface area contributed by atoms with E-state index in [1.54, 1.807) is 7.11 Å². The molecule has 1 aromatic rings. The van der Waals surface area contributed by atoms with Gasteiger partial charge >= 0.3 is 5.97 Å². The van der Waals surface area contributed by atoms with Gasteiger partial charge in [0.15, 0.2) is 0 Å². The van der Waals surface area contributed by atoms with Crippen molar-refractivity contribution in [3.8, 4) is 5.75 Å². The lowest BCUT2D eigenvalue weighted by molar-refractivity contribution is -0.136. The molecule has 0 N–H and O–H groups in total. The van der Waals surface area contributed by atoms with E-state index in [9.17, 15) is 4.79 Å². The topological polar surface area (TPSA) is 35.5 Å². The molecule has 4 heteroatoms. The van der Waals surface area contributed by atoms with Crippen LogP contribution >= 0.6 is 22.6 Å². The number of allylic oxidation sites excluding steroid dienone is 3. The number of esters is 1. The second-order valence-electron chi connectivity index (χ2n) is 5.95. The van der Waals surface area contributed by atoms with Gasteiger partial charge in [0.2, 0.25) is 0 Å². The predicted molar refractivity (Wildman–Crippen MR) is 96.4 cm³/mol. The van der Waals surface area contributed by atoms with E-state index in [2.05, 4.69) is 54.6 Å². The lowest BCUT2D eigenvalue weighted by atomic mass is 9.70. The van der Waals surface area contributed by atoms with E-state index in [0.29, 0.717) is 5.76 Å². The second kappa shape index (κ2) is 6.44. The number of benzene rings is 1. The van der Waals surface area contributed by atoms with Crippen LogP contribution in [-0.4, -0.2) is 16.5 Å². The minimum atomic E-state index is -0.286. The van der Waals surface area contributed by atoms with Crippen molar-refractivity contribution in [2.45, 2.75) is 36.0 Å². The number of hydrogen-bond acceptors (Lipinski definition) is 3. The van der Waals surface area contributed by atoms with Crippen LogP contribution in [0, 0.1) is 0 Å². The first kappa shape index (κ1) is 17.1. The first-order chi connectivity index (χ1) is 10.3. The van der Waals surface area contributed by atoms with Crippen LogP contribution in [0.5, 0.6) is 5.75 Å². The summed E-state index contributed by atoms with van der Waals surface area (Å²) in [5, 5.41) is 0. The standard InChI is InChI=1S/C18H21IO3/c1-13(20)22-16-9-11-18(19,12-10-16)17(2,3)14-5-7-15(21-4)8-6-14/h5-11H,12H2,1-4H3. The number of rotatable bonds is 4. The van der Waals surface area contributed by atoms with Gasteiger partial charge < -0.3 is 9.47 Å². The fourth-order valence-corrected chi connectivity index (χ4v) is 3.26. The minimum absolute atomic E-state index is 0.0748. The Bertz CT molecular complexity index is 614. The summed E-state index contributed by atoms with van der Waals surface area (Å²) in [6.45, 7) is 5.88. The molecule has 1 aromatic carbocycles. The van der Waals surface area contributed by atoms with Crippen molar-refractivity contribution in [3.63, 3.8) is 0 Å². The number of hydrogen-bond donors (Lipinski definition) is 0. The molecule has 0 amide bonds. The van der Waals surface area contributed by atoms with Gasteiger partial charge in [0.25, 0.3) is 0 Å². The molecule has 3 nitrogen and oxygen atoms in total. The molecule has 0 heterocycles. The monoisotopic (exact) mass is 412 g/mol. The van der Waals surface area contributed by atoms with Crippen molar-refractivity contribution in [1.29, 1.82) is 0 Å². The molecule has 118 valence electrons. The van der Waals surface area contributed by atoms with Crippen LogP contribution < -0.4 is 4.74 Å². The van der Waals surface area contributed by atoms with Gasteiger partial charge in [-0.05, 0) is 36.3 Å². The maximum atomic E-state index is 11.0. The average molecular weight is 412 g/mol. The normalized spacial score (nSPS) is 21.2. The Morgan fingerprint density at radius 2 is 1.91 bits per heavy atom. The smallest absolute Gasteiger partial charge is 0.308 e. The molecule has 0 aromatic heterocycles. The number of methoxy groups -OCH3 is 1. The zero-order valence-electron chi connectivity index (χ0n) is 13.4. The van der Waals surface area contributed by atoms with E-state index in [1.807, 2.05) is 24.3 Å². The number of carbonyl (C=O) groups excluding carboxylic acids is 1. The Kier molecular flexibility index (Phi) is 5.00. The lowest BCUT2D eigenvalue weighted by Crippen LogP contribution is -2.41. The third-order valence-electron chi connectivity index (χ3n) is 4.22. The van der Waals surface area contributed by atoms with Gasteiger partial charge in [-0.1, -0.05) is 54.6 Å². The molecule has 0 spiro atoms. The summed E-state index contributed by atoms with van der Waals surface area (Å²) in [7, 11) is 1.67. The van der Waals surface area contributed by atoms with Gasteiger partial charge in [-0.2, -0.15) is 0 Å². The number of carbonyl (C=O) groups is 1. The third-order valence-corrected chi connectivity index (χ3v) is 6.37. The summed E-state index contributed by atoms with van der Waals surface area (Å²) >= 11 is 2.49. The van der Waals surface area contributed by atoms with Crippen LogP contribution in [0.3, 0.4) is 0 Å². The Morgan fingerprint density at radius 1 is 1.27 bits per heavy atom. The summed E-state index contributed by atoms with van der Waals surface area (Å²) in [5.41, 5.74) is 1.17. The first-order valence-electron chi connectivity index (χ1n) is 7.20. The van der Waals surface area contributed by atoms with E-state index in [0.717, 1.165) is 12.2 Å². The summed E-state index contributed by atoms with van der Waals surface area (Å²) < 4.78 is 10.3. The highest BCUT2D eigenvalue weighted by Gasteiger charge is 2.42. The Balaban J connectivity index is 2.23. The van der Waals surface area contributed by atoms with Gasteiger partial charge in [0, 0.05) is 12.3 Å². The van der Waals surface area contributed by atoms with Gasteiger partial charge in [0.05, 0.1) is 10.5 Å². The highest BCUT2D eigenvalue weighted by Crippen LogP contribution is 2.47. The van der Waals surface area contributed by atoms with Crippen molar-refractivity contribution in [2.24, 2.45) is 0 Å². The first-order valence-corrected chi connectivity index (χ1v) is 8.28. The van der Waals surface area contributed by atoms with E-state index < -0.39 is 0 Å². The van der Waals surface area contributed by atoms with Gasteiger partial charge in [-0.3, -0.25) is 4.79 Å². The molecule has 22 heavy (non-hydrogen) atoms. The van der Waals surface area contributed by atoms with E-state index >= 15 is 0 Å². The zero-order valence-corrected chi connectivity index (χ0v) is 15.5. The fourth-order valence-electron chi connectivity index (χ4n) is 2.55. The van der Waals surface area contributed by atoms with Gasteiger partial charge in [0.1, 0.15) is 11.5 Å². The molecule has 0 bridgehead atoms. The molecule has 2 rings (SSSR count). The summed E-state index contributed by atoms with van der Waals surface area (Å²) in [4.78, 5) is 11.0. The van der Waals surface area contributed by atoms with E-state index in [1.165, 1.54) is 12.5 Å². The summed E-state index contributed by atoms with van der Waals surface area (Å²) in [5.74, 6) is 1.20. The Hall–Kier alpha value is -1.30. The SMILES string of the molecule is COc1ccc(C(C)(C)C2(I)C=CC(OC(C)=O)=CC2)cc1. The molecule has 1 unspecified atom stereocenters. The number of halogens is 1. The fraction of sp³-hybridized carbons (Fsp3) is 0.389. The molecule has 0 fully saturated rings. The van der Waals surface area contributed by atoms with Gasteiger partial charge in [-0.15, -0.1) is 0 Å². The third kappa shape index (κ3) is 3.37. The molecule has 0 saturated carbocycles. The van der Waals surface area contributed by atoms with Gasteiger partial charge in [-0.25, -0.2) is 0 Å². The maximum absolute atomic E-state index is 11.0. The highest BCUT2D eigenvalue weighted by atomic mass is 127. The van der Waals surface area contributed by atoms with Crippen LogP contribution in [0.4, 0.5) is 0 Å². The molecule has 0 saturated heterocycles. The molecule has 1 aliphatic carbocycles. The minimum Gasteiger partial charge on any atom is -0.497 e. The summed E-state index contributed by atoms with van der Waals surface area (Å²) in [6, 6.07) is 8.20. The van der Waals surface area contributed by atoms with Crippen LogP contribution in [0.25, 0.3) is 0 Å².